The number of halogens is 1. The van der Waals surface area contributed by atoms with Crippen LogP contribution in [0.2, 0.25) is 0 Å². The summed E-state index contributed by atoms with van der Waals surface area (Å²) in [6.07, 6.45) is 0. The summed E-state index contributed by atoms with van der Waals surface area (Å²) >= 11 is 3.47. The Kier molecular flexibility index (Phi) is 3.38. The van der Waals surface area contributed by atoms with E-state index in [1.54, 1.807) is 0 Å². The first-order valence-corrected chi connectivity index (χ1v) is 7.41. The van der Waals surface area contributed by atoms with Gasteiger partial charge in [0.25, 0.3) is 0 Å². The van der Waals surface area contributed by atoms with Gasteiger partial charge in [-0.3, -0.25) is 0 Å². The fourth-order valence-electron chi connectivity index (χ4n) is 2.42. The van der Waals surface area contributed by atoms with E-state index < -0.39 is 0 Å². The van der Waals surface area contributed by atoms with Crippen molar-refractivity contribution >= 4 is 21.7 Å². The van der Waals surface area contributed by atoms with Gasteiger partial charge >= 0.3 is 0 Å². The van der Waals surface area contributed by atoms with Crippen molar-refractivity contribution < 1.29 is 4.74 Å². The van der Waals surface area contributed by atoms with Crippen LogP contribution in [-0.2, 0) is 0 Å². The molecule has 1 aliphatic heterocycles. The van der Waals surface area contributed by atoms with Gasteiger partial charge in [-0.05, 0) is 27.9 Å². The van der Waals surface area contributed by atoms with Gasteiger partial charge in [0.2, 0.25) is 0 Å². The number of fused-ring (bicyclic) bond motifs is 1. The Balaban J connectivity index is 2.08. The van der Waals surface area contributed by atoms with Crippen LogP contribution in [0.4, 0.5) is 5.82 Å². The number of hydrogen-bond acceptors (Lipinski definition) is 4. The normalized spacial score (nSPS) is 17.1. The van der Waals surface area contributed by atoms with Crippen LogP contribution in [0.15, 0.2) is 28.7 Å². The molecule has 0 amide bonds. The summed E-state index contributed by atoms with van der Waals surface area (Å²) in [5.41, 5.74) is 8.08. The second-order valence-electron chi connectivity index (χ2n) is 5.22. The van der Waals surface area contributed by atoms with Crippen molar-refractivity contribution in [1.29, 1.82) is 0 Å². The monoisotopic (exact) mass is 333 g/mol. The third-order valence-corrected chi connectivity index (χ3v) is 4.29. The minimum absolute atomic E-state index is 0.0547. The maximum absolute atomic E-state index is 6.01. The Morgan fingerprint density at radius 2 is 2.05 bits per heavy atom. The number of rotatable bonds is 2. The molecule has 1 aromatic heterocycles. The molecule has 0 spiro atoms. The molecule has 104 valence electrons. The van der Waals surface area contributed by atoms with E-state index in [4.69, 9.17) is 15.5 Å². The Morgan fingerprint density at radius 3 is 2.80 bits per heavy atom. The molecule has 1 atom stereocenters. The molecular weight excluding hydrogens is 318 g/mol. The minimum Gasteiger partial charge on any atom is -0.492 e. The van der Waals surface area contributed by atoms with Gasteiger partial charge in [-0.15, -0.1) is 0 Å². The van der Waals surface area contributed by atoms with E-state index in [0.717, 1.165) is 27.3 Å². The van der Waals surface area contributed by atoms with Crippen LogP contribution in [0, 0.1) is 0 Å². The summed E-state index contributed by atoms with van der Waals surface area (Å²) in [5.74, 6) is 2.47. The number of para-hydroxylation sites is 1. The van der Waals surface area contributed by atoms with Gasteiger partial charge in [-0.2, -0.15) is 0 Å². The van der Waals surface area contributed by atoms with Gasteiger partial charge in [-0.25, -0.2) is 9.97 Å². The van der Waals surface area contributed by atoms with E-state index in [1.165, 1.54) is 0 Å². The van der Waals surface area contributed by atoms with E-state index in [0.29, 0.717) is 12.4 Å². The molecule has 1 aromatic carbocycles. The average molecular weight is 334 g/mol. The highest BCUT2D eigenvalue weighted by atomic mass is 79.9. The van der Waals surface area contributed by atoms with E-state index in [-0.39, 0.29) is 11.8 Å². The molecule has 20 heavy (non-hydrogen) atoms. The SMILES string of the molecule is CC(C)c1nc(C2COc3ccccc32)nc(N)c1Br. The lowest BCUT2D eigenvalue weighted by Crippen LogP contribution is -2.12. The van der Waals surface area contributed by atoms with Crippen LogP contribution in [0.25, 0.3) is 0 Å². The molecule has 0 bridgehead atoms. The quantitative estimate of drug-likeness (QED) is 0.914. The maximum Gasteiger partial charge on any atom is 0.142 e. The molecule has 0 aliphatic carbocycles. The molecule has 0 saturated carbocycles. The summed E-state index contributed by atoms with van der Waals surface area (Å²) in [4.78, 5) is 9.13. The van der Waals surface area contributed by atoms with Crippen LogP contribution in [-0.4, -0.2) is 16.6 Å². The number of hydrogen-bond donors (Lipinski definition) is 1. The number of nitrogens with two attached hydrogens (primary N) is 1. The second kappa shape index (κ2) is 5.05. The Bertz CT molecular complexity index is 658. The lowest BCUT2D eigenvalue weighted by Gasteiger charge is -2.14. The molecule has 0 saturated heterocycles. The predicted molar refractivity (Wildman–Crippen MR) is 82.0 cm³/mol. The first-order valence-electron chi connectivity index (χ1n) is 6.62. The molecule has 1 unspecified atom stereocenters. The molecule has 2 heterocycles. The fourth-order valence-corrected chi connectivity index (χ4v) is 3.05. The molecule has 1 aliphatic rings. The molecule has 4 nitrogen and oxygen atoms in total. The first-order chi connectivity index (χ1) is 9.58. The largest absolute Gasteiger partial charge is 0.492 e. The maximum atomic E-state index is 6.01. The van der Waals surface area contributed by atoms with Crippen molar-refractivity contribution in [3.8, 4) is 5.75 Å². The van der Waals surface area contributed by atoms with E-state index in [1.807, 2.05) is 18.2 Å². The summed E-state index contributed by atoms with van der Waals surface area (Å²) in [7, 11) is 0. The van der Waals surface area contributed by atoms with Crippen molar-refractivity contribution in [2.24, 2.45) is 0 Å². The number of aromatic nitrogens is 2. The fraction of sp³-hybridized carbons (Fsp3) is 0.333. The van der Waals surface area contributed by atoms with Gasteiger partial charge < -0.3 is 10.5 Å². The number of ether oxygens (including phenoxy) is 1. The van der Waals surface area contributed by atoms with Crippen LogP contribution in [0.5, 0.6) is 5.75 Å². The molecule has 0 radical (unpaired) electrons. The highest BCUT2D eigenvalue weighted by molar-refractivity contribution is 9.10. The minimum atomic E-state index is 0.0547. The topological polar surface area (TPSA) is 61.0 Å². The number of benzene rings is 1. The standard InChI is InChI=1S/C15H16BrN3O/c1-8(2)13-12(16)14(17)19-15(18-13)10-7-20-11-6-4-3-5-9(10)11/h3-6,8,10H,7H2,1-2H3,(H2,17,18,19). The van der Waals surface area contributed by atoms with Crippen LogP contribution >= 0.6 is 15.9 Å². The van der Waals surface area contributed by atoms with Gasteiger partial charge in [-0.1, -0.05) is 32.0 Å². The van der Waals surface area contributed by atoms with Crippen molar-refractivity contribution in [2.45, 2.75) is 25.7 Å². The molecule has 5 heteroatoms. The molecular formula is C15H16BrN3O. The zero-order valence-corrected chi connectivity index (χ0v) is 13.0. The second-order valence-corrected chi connectivity index (χ2v) is 6.02. The average Bonchev–Trinajstić information content (AvgIpc) is 2.85. The smallest absolute Gasteiger partial charge is 0.142 e. The summed E-state index contributed by atoms with van der Waals surface area (Å²) in [6, 6.07) is 8.01. The van der Waals surface area contributed by atoms with Gasteiger partial charge in [0, 0.05) is 5.56 Å². The van der Waals surface area contributed by atoms with Crippen LogP contribution in [0.3, 0.4) is 0 Å². The number of nitrogens with zero attached hydrogens (tertiary/aromatic N) is 2. The number of anilines is 1. The first kappa shape index (κ1) is 13.4. The van der Waals surface area contributed by atoms with Gasteiger partial charge in [0.1, 0.15) is 24.0 Å². The van der Waals surface area contributed by atoms with Crippen LogP contribution in [0.1, 0.15) is 42.8 Å². The van der Waals surface area contributed by atoms with Crippen molar-refractivity contribution in [3.05, 3.63) is 45.8 Å². The van der Waals surface area contributed by atoms with Gasteiger partial charge in [0.05, 0.1) is 16.1 Å². The third-order valence-electron chi connectivity index (χ3n) is 3.48. The lowest BCUT2D eigenvalue weighted by molar-refractivity contribution is 0.339. The molecule has 2 N–H and O–H groups in total. The molecule has 0 fully saturated rings. The third kappa shape index (κ3) is 2.16. The summed E-state index contributed by atoms with van der Waals surface area (Å²) in [5, 5.41) is 0. The molecule has 3 rings (SSSR count). The van der Waals surface area contributed by atoms with Crippen LogP contribution < -0.4 is 10.5 Å². The van der Waals surface area contributed by atoms with E-state index in [2.05, 4.69) is 40.8 Å². The summed E-state index contributed by atoms with van der Waals surface area (Å²) < 4.78 is 6.50. The Hall–Kier alpha value is -1.62. The van der Waals surface area contributed by atoms with Crippen molar-refractivity contribution in [2.75, 3.05) is 12.3 Å². The lowest BCUT2D eigenvalue weighted by atomic mass is 10.00. The zero-order valence-electron chi connectivity index (χ0n) is 11.4. The highest BCUT2D eigenvalue weighted by Crippen LogP contribution is 2.38. The van der Waals surface area contributed by atoms with Gasteiger partial charge in [0.15, 0.2) is 0 Å². The predicted octanol–water partition coefficient (Wildman–Crippen LogP) is 3.47. The number of nitrogen functional groups attached to an aromatic ring is 1. The molecule has 2 aromatic rings. The Labute approximate surface area is 126 Å². The zero-order chi connectivity index (χ0) is 14.3. The van der Waals surface area contributed by atoms with E-state index in [9.17, 15) is 0 Å². The highest BCUT2D eigenvalue weighted by Gasteiger charge is 2.29. The van der Waals surface area contributed by atoms with Crippen molar-refractivity contribution in [3.63, 3.8) is 0 Å². The van der Waals surface area contributed by atoms with E-state index >= 15 is 0 Å². The van der Waals surface area contributed by atoms with Crippen molar-refractivity contribution in [1.82, 2.24) is 9.97 Å². The summed E-state index contributed by atoms with van der Waals surface area (Å²) in [6.45, 7) is 4.75. The Morgan fingerprint density at radius 1 is 1.30 bits per heavy atom.